The third kappa shape index (κ3) is 5.44. The third-order valence-electron chi connectivity index (χ3n) is 4.98. The van der Waals surface area contributed by atoms with Crippen LogP contribution in [0, 0.1) is 12.8 Å². The van der Waals surface area contributed by atoms with Gasteiger partial charge < -0.3 is 10.2 Å². The van der Waals surface area contributed by atoms with Crippen LogP contribution in [0.5, 0.6) is 0 Å². The number of anilines is 1. The Morgan fingerprint density at radius 2 is 1.96 bits per heavy atom. The van der Waals surface area contributed by atoms with Gasteiger partial charge in [0.05, 0.1) is 11.9 Å². The van der Waals surface area contributed by atoms with Crippen LogP contribution in [0.2, 0.25) is 0 Å². The average Bonchev–Trinajstić information content (AvgIpc) is 2.55. The van der Waals surface area contributed by atoms with Crippen molar-refractivity contribution < 1.29 is 13.2 Å². The summed E-state index contributed by atoms with van der Waals surface area (Å²) in [5.74, 6) is 0.512. The molecule has 0 aliphatic carbocycles. The number of aryl methyl sites for hydroxylation is 1. The standard InChI is InChI=1S/C18H29N3O3S/c1-14-5-6-16(13-17(14)21(3)25(4,23)24)18(22)19-10-7-15-8-11-20(2)12-9-15/h5-6,13,15H,7-12H2,1-4H3,(H,19,22). The van der Waals surface area contributed by atoms with Gasteiger partial charge in [-0.1, -0.05) is 6.07 Å². The highest BCUT2D eigenvalue weighted by molar-refractivity contribution is 7.92. The van der Waals surface area contributed by atoms with Gasteiger partial charge >= 0.3 is 0 Å². The van der Waals surface area contributed by atoms with Gasteiger partial charge in [0, 0.05) is 19.2 Å². The van der Waals surface area contributed by atoms with Crippen molar-refractivity contribution in [2.75, 3.05) is 44.3 Å². The fraction of sp³-hybridized carbons (Fsp3) is 0.611. The Morgan fingerprint density at radius 1 is 1.32 bits per heavy atom. The number of amides is 1. The van der Waals surface area contributed by atoms with Gasteiger partial charge in [-0.15, -0.1) is 0 Å². The first-order chi connectivity index (χ1) is 11.7. The van der Waals surface area contributed by atoms with Crippen molar-refractivity contribution in [3.8, 4) is 0 Å². The van der Waals surface area contributed by atoms with Crippen molar-refractivity contribution in [3.05, 3.63) is 29.3 Å². The molecule has 0 spiro atoms. The zero-order chi connectivity index (χ0) is 18.6. The molecule has 140 valence electrons. The molecular weight excluding hydrogens is 338 g/mol. The molecule has 0 saturated carbocycles. The number of likely N-dealkylation sites (tertiary alicyclic amines) is 1. The largest absolute Gasteiger partial charge is 0.352 e. The van der Waals surface area contributed by atoms with E-state index >= 15 is 0 Å². The molecule has 1 heterocycles. The summed E-state index contributed by atoms with van der Waals surface area (Å²) in [7, 11) is 0.280. The molecule has 1 saturated heterocycles. The maximum Gasteiger partial charge on any atom is 0.251 e. The quantitative estimate of drug-likeness (QED) is 0.833. The highest BCUT2D eigenvalue weighted by Gasteiger charge is 2.18. The van der Waals surface area contributed by atoms with Gasteiger partial charge in [-0.05, 0) is 69.9 Å². The van der Waals surface area contributed by atoms with Crippen LogP contribution in [-0.4, -0.2) is 59.2 Å². The average molecular weight is 368 g/mol. The van der Waals surface area contributed by atoms with Gasteiger partial charge in [0.15, 0.2) is 0 Å². The predicted octanol–water partition coefficient (Wildman–Crippen LogP) is 1.85. The van der Waals surface area contributed by atoms with Gasteiger partial charge in [-0.25, -0.2) is 8.42 Å². The number of piperidine rings is 1. The molecule has 2 rings (SSSR count). The van der Waals surface area contributed by atoms with E-state index in [1.165, 1.54) is 24.2 Å². The molecule has 1 aliphatic heterocycles. The van der Waals surface area contributed by atoms with Crippen molar-refractivity contribution in [2.24, 2.45) is 5.92 Å². The second-order valence-electron chi connectivity index (χ2n) is 7.02. The number of sulfonamides is 1. The lowest BCUT2D eigenvalue weighted by Gasteiger charge is -2.28. The summed E-state index contributed by atoms with van der Waals surface area (Å²) in [6.45, 7) is 4.73. The maximum atomic E-state index is 12.4. The summed E-state index contributed by atoms with van der Waals surface area (Å²) in [6.07, 6.45) is 4.50. The molecular formula is C18H29N3O3S. The van der Waals surface area contributed by atoms with Crippen molar-refractivity contribution in [3.63, 3.8) is 0 Å². The van der Waals surface area contributed by atoms with Crippen molar-refractivity contribution >= 4 is 21.6 Å². The molecule has 1 aromatic carbocycles. The lowest BCUT2D eigenvalue weighted by Crippen LogP contribution is -2.32. The molecule has 0 unspecified atom stereocenters. The Morgan fingerprint density at radius 3 is 2.56 bits per heavy atom. The van der Waals surface area contributed by atoms with E-state index < -0.39 is 10.0 Å². The first kappa shape index (κ1) is 19.7. The molecule has 0 atom stereocenters. The number of rotatable bonds is 6. The van der Waals surface area contributed by atoms with Gasteiger partial charge in [0.2, 0.25) is 10.0 Å². The Bertz CT molecular complexity index is 710. The van der Waals surface area contributed by atoms with E-state index in [-0.39, 0.29) is 5.91 Å². The second kappa shape index (κ2) is 8.19. The summed E-state index contributed by atoms with van der Waals surface area (Å²) in [5.41, 5.74) is 1.83. The van der Waals surface area contributed by atoms with Crippen LogP contribution >= 0.6 is 0 Å². The van der Waals surface area contributed by atoms with E-state index in [0.29, 0.717) is 23.7 Å². The molecule has 1 N–H and O–H groups in total. The van der Waals surface area contributed by atoms with Crippen LogP contribution in [-0.2, 0) is 10.0 Å². The number of hydrogen-bond acceptors (Lipinski definition) is 4. The number of nitrogens with zero attached hydrogens (tertiary/aromatic N) is 2. The first-order valence-electron chi connectivity index (χ1n) is 8.70. The minimum absolute atomic E-state index is 0.156. The normalized spacial score (nSPS) is 16.6. The topological polar surface area (TPSA) is 69.7 Å². The first-order valence-corrected chi connectivity index (χ1v) is 10.5. The maximum absolute atomic E-state index is 12.4. The fourth-order valence-corrected chi connectivity index (χ4v) is 3.67. The van der Waals surface area contributed by atoms with Crippen LogP contribution < -0.4 is 9.62 Å². The molecule has 25 heavy (non-hydrogen) atoms. The summed E-state index contributed by atoms with van der Waals surface area (Å²) < 4.78 is 24.7. The number of nitrogens with one attached hydrogen (secondary N) is 1. The second-order valence-corrected chi connectivity index (χ2v) is 9.04. The molecule has 1 aromatic rings. The predicted molar refractivity (Wildman–Crippen MR) is 102 cm³/mol. The van der Waals surface area contributed by atoms with Gasteiger partial charge in [0.25, 0.3) is 5.91 Å². The Kier molecular flexibility index (Phi) is 6.46. The molecule has 1 fully saturated rings. The van der Waals surface area contributed by atoms with Crippen LogP contribution in [0.25, 0.3) is 0 Å². The van der Waals surface area contributed by atoms with Crippen LogP contribution in [0.15, 0.2) is 18.2 Å². The molecule has 0 aromatic heterocycles. The third-order valence-corrected chi connectivity index (χ3v) is 6.18. The zero-order valence-corrected chi connectivity index (χ0v) is 16.4. The molecule has 0 bridgehead atoms. The Labute approximate surface area is 151 Å². The lowest BCUT2D eigenvalue weighted by molar-refractivity contribution is 0.0949. The molecule has 6 nitrogen and oxygen atoms in total. The van der Waals surface area contributed by atoms with Crippen LogP contribution in [0.4, 0.5) is 5.69 Å². The summed E-state index contributed by atoms with van der Waals surface area (Å²) in [4.78, 5) is 14.7. The smallest absolute Gasteiger partial charge is 0.251 e. The Hall–Kier alpha value is -1.60. The van der Waals surface area contributed by atoms with E-state index in [1.54, 1.807) is 18.2 Å². The monoisotopic (exact) mass is 367 g/mol. The minimum atomic E-state index is -3.36. The van der Waals surface area contributed by atoms with Gasteiger partial charge in [-0.2, -0.15) is 0 Å². The lowest BCUT2D eigenvalue weighted by atomic mass is 9.94. The zero-order valence-electron chi connectivity index (χ0n) is 15.6. The summed E-state index contributed by atoms with van der Waals surface area (Å²) in [6, 6.07) is 5.16. The molecule has 7 heteroatoms. The number of benzene rings is 1. The highest BCUT2D eigenvalue weighted by atomic mass is 32.2. The van der Waals surface area contributed by atoms with E-state index in [1.807, 2.05) is 6.92 Å². The van der Waals surface area contributed by atoms with Crippen molar-refractivity contribution in [2.45, 2.75) is 26.2 Å². The van der Waals surface area contributed by atoms with Gasteiger partial charge in [0.1, 0.15) is 0 Å². The summed E-state index contributed by atoms with van der Waals surface area (Å²) >= 11 is 0. The molecule has 1 amide bonds. The van der Waals surface area contributed by atoms with Crippen LogP contribution in [0.3, 0.4) is 0 Å². The number of hydrogen-bond donors (Lipinski definition) is 1. The fourth-order valence-electron chi connectivity index (χ4n) is 3.11. The van der Waals surface area contributed by atoms with Crippen molar-refractivity contribution in [1.29, 1.82) is 0 Å². The Balaban J connectivity index is 1.95. The van der Waals surface area contributed by atoms with Gasteiger partial charge in [-0.3, -0.25) is 9.10 Å². The molecule has 0 radical (unpaired) electrons. The highest BCUT2D eigenvalue weighted by Crippen LogP contribution is 2.23. The molecule has 1 aliphatic rings. The number of carbonyl (C=O) groups excluding carboxylic acids is 1. The van der Waals surface area contributed by atoms with E-state index in [9.17, 15) is 13.2 Å². The van der Waals surface area contributed by atoms with E-state index in [4.69, 9.17) is 0 Å². The number of carbonyl (C=O) groups is 1. The van der Waals surface area contributed by atoms with E-state index in [2.05, 4.69) is 17.3 Å². The minimum Gasteiger partial charge on any atom is -0.352 e. The van der Waals surface area contributed by atoms with E-state index in [0.717, 1.165) is 31.3 Å². The van der Waals surface area contributed by atoms with Crippen molar-refractivity contribution in [1.82, 2.24) is 10.2 Å². The summed E-state index contributed by atoms with van der Waals surface area (Å²) in [5, 5.41) is 2.96. The SMILES string of the molecule is Cc1ccc(C(=O)NCCC2CCN(C)CC2)cc1N(C)S(C)(=O)=O. The van der Waals surface area contributed by atoms with Crippen LogP contribution in [0.1, 0.15) is 35.2 Å².